The summed E-state index contributed by atoms with van der Waals surface area (Å²) in [4.78, 5) is 17.0. The number of ether oxygens (including phenoxy) is 2. The fraction of sp³-hybridized carbons (Fsp3) is 0.136. The summed E-state index contributed by atoms with van der Waals surface area (Å²) in [6.45, 7) is 1.94. The molecule has 0 saturated heterocycles. The molecule has 0 atom stereocenters. The number of methoxy groups -OCH3 is 2. The van der Waals surface area contributed by atoms with E-state index in [9.17, 15) is 10.1 Å². The molecule has 146 valence electrons. The molecule has 0 spiro atoms. The number of rotatable bonds is 5. The SMILES string of the molecule is COc1ccc(NC(=O)/C(C#N)=C/c2cc3cccc(C)c3nc2Cl)cc1OC. The number of para-hydroxylation sites is 1. The Labute approximate surface area is 173 Å². The first-order chi connectivity index (χ1) is 14.0. The topological polar surface area (TPSA) is 84.2 Å². The summed E-state index contributed by atoms with van der Waals surface area (Å²) >= 11 is 6.29. The third-order valence-corrected chi connectivity index (χ3v) is 4.64. The van der Waals surface area contributed by atoms with Crippen LogP contribution in [-0.4, -0.2) is 25.1 Å². The molecule has 0 saturated carbocycles. The van der Waals surface area contributed by atoms with Crippen molar-refractivity contribution in [1.82, 2.24) is 4.98 Å². The minimum Gasteiger partial charge on any atom is -0.493 e. The first-order valence-corrected chi connectivity index (χ1v) is 9.05. The van der Waals surface area contributed by atoms with E-state index in [-0.39, 0.29) is 10.7 Å². The minimum atomic E-state index is -0.569. The molecule has 6 nitrogen and oxygen atoms in total. The summed E-state index contributed by atoms with van der Waals surface area (Å²) in [5.41, 5.74) is 2.63. The highest BCUT2D eigenvalue weighted by atomic mass is 35.5. The van der Waals surface area contributed by atoms with Crippen molar-refractivity contribution >= 4 is 40.2 Å². The van der Waals surface area contributed by atoms with Crippen molar-refractivity contribution < 1.29 is 14.3 Å². The first kappa shape index (κ1) is 20.2. The Bertz CT molecular complexity index is 1170. The van der Waals surface area contributed by atoms with Gasteiger partial charge in [-0.2, -0.15) is 5.26 Å². The van der Waals surface area contributed by atoms with E-state index in [1.54, 1.807) is 24.3 Å². The van der Waals surface area contributed by atoms with Gasteiger partial charge >= 0.3 is 0 Å². The maximum absolute atomic E-state index is 12.6. The number of anilines is 1. The molecular weight excluding hydrogens is 390 g/mol. The minimum absolute atomic E-state index is 0.101. The number of aryl methyl sites for hydroxylation is 1. The van der Waals surface area contributed by atoms with E-state index in [1.165, 1.54) is 20.3 Å². The van der Waals surface area contributed by atoms with Crippen LogP contribution >= 0.6 is 11.6 Å². The zero-order chi connectivity index (χ0) is 21.0. The Kier molecular flexibility index (Phi) is 6.01. The van der Waals surface area contributed by atoms with E-state index in [4.69, 9.17) is 21.1 Å². The van der Waals surface area contributed by atoms with Gasteiger partial charge in [-0.3, -0.25) is 4.79 Å². The van der Waals surface area contributed by atoms with Gasteiger partial charge in [0.1, 0.15) is 16.8 Å². The molecule has 2 aromatic carbocycles. The normalized spacial score (nSPS) is 11.1. The molecular formula is C22H18ClN3O3. The summed E-state index contributed by atoms with van der Waals surface area (Å²) in [5, 5.41) is 13.3. The van der Waals surface area contributed by atoms with Crippen LogP contribution in [0.1, 0.15) is 11.1 Å². The van der Waals surface area contributed by atoms with Gasteiger partial charge in [-0.05, 0) is 36.8 Å². The number of hydrogen-bond donors (Lipinski definition) is 1. The van der Waals surface area contributed by atoms with Crippen LogP contribution in [0.3, 0.4) is 0 Å². The summed E-state index contributed by atoms with van der Waals surface area (Å²) in [6, 6.07) is 14.4. The molecule has 0 unspecified atom stereocenters. The van der Waals surface area contributed by atoms with E-state index in [1.807, 2.05) is 31.2 Å². The molecule has 1 N–H and O–H groups in total. The second-order valence-corrected chi connectivity index (χ2v) is 6.57. The number of aromatic nitrogens is 1. The van der Waals surface area contributed by atoms with Crippen molar-refractivity contribution in [2.75, 3.05) is 19.5 Å². The molecule has 0 fully saturated rings. The van der Waals surface area contributed by atoms with E-state index in [0.717, 1.165) is 16.5 Å². The molecule has 1 heterocycles. The second kappa shape index (κ2) is 8.63. The van der Waals surface area contributed by atoms with Gasteiger partial charge in [0.2, 0.25) is 0 Å². The van der Waals surface area contributed by atoms with Crippen molar-refractivity contribution in [3.05, 3.63) is 64.3 Å². The molecule has 0 aliphatic heterocycles. The number of halogens is 1. The summed E-state index contributed by atoms with van der Waals surface area (Å²) in [7, 11) is 3.02. The molecule has 3 rings (SSSR count). The van der Waals surface area contributed by atoms with Crippen LogP contribution in [0.5, 0.6) is 11.5 Å². The highest BCUT2D eigenvalue weighted by Gasteiger charge is 2.13. The third-order valence-electron chi connectivity index (χ3n) is 4.33. The lowest BCUT2D eigenvalue weighted by molar-refractivity contribution is -0.112. The smallest absolute Gasteiger partial charge is 0.266 e. The Morgan fingerprint density at radius 3 is 2.62 bits per heavy atom. The highest BCUT2D eigenvalue weighted by molar-refractivity contribution is 6.31. The number of hydrogen-bond acceptors (Lipinski definition) is 5. The molecule has 7 heteroatoms. The first-order valence-electron chi connectivity index (χ1n) is 8.68. The quantitative estimate of drug-likeness (QED) is 0.374. The van der Waals surface area contributed by atoms with Crippen molar-refractivity contribution in [3.63, 3.8) is 0 Å². The van der Waals surface area contributed by atoms with Crippen LogP contribution in [-0.2, 0) is 4.79 Å². The van der Waals surface area contributed by atoms with Crippen molar-refractivity contribution in [3.8, 4) is 17.6 Å². The van der Waals surface area contributed by atoms with Gasteiger partial charge in [-0.1, -0.05) is 29.8 Å². The van der Waals surface area contributed by atoms with E-state index >= 15 is 0 Å². The number of nitrogens with zero attached hydrogens (tertiary/aromatic N) is 2. The van der Waals surface area contributed by atoms with Gasteiger partial charge in [0.05, 0.1) is 19.7 Å². The van der Waals surface area contributed by atoms with Gasteiger partial charge in [0.15, 0.2) is 11.5 Å². The van der Waals surface area contributed by atoms with Crippen LogP contribution in [0.25, 0.3) is 17.0 Å². The molecule has 29 heavy (non-hydrogen) atoms. The molecule has 0 radical (unpaired) electrons. The van der Waals surface area contributed by atoms with Crippen LogP contribution < -0.4 is 14.8 Å². The fourth-order valence-electron chi connectivity index (χ4n) is 2.86. The van der Waals surface area contributed by atoms with Crippen molar-refractivity contribution in [1.29, 1.82) is 5.26 Å². The molecule has 0 bridgehead atoms. The van der Waals surface area contributed by atoms with Crippen molar-refractivity contribution in [2.24, 2.45) is 0 Å². The lowest BCUT2D eigenvalue weighted by atomic mass is 10.1. The predicted molar refractivity (Wildman–Crippen MR) is 113 cm³/mol. The lowest BCUT2D eigenvalue weighted by Gasteiger charge is -2.10. The Balaban J connectivity index is 1.92. The van der Waals surface area contributed by atoms with E-state index in [2.05, 4.69) is 10.3 Å². The van der Waals surface area contributed by atoms with Crippen LogP contribution in [0.4, 0.5) is 5.69 Å². The van der Waals surface area contributed by atoms with Crippen LogP contribution in [0.2, 0.25) is 5.15 Å². The van der Waals surface area contributed by atoms with Gasteiger partial charge in [-0.15, -0.1) is 0 Å². The van der Waals surface area contributed by atoms with Gasteiger partial charge < -0.3 is 14.8 Å². The summed E-state index contributed by atoms with van der Waals surface area (Å²) in [6.07, 6.45) is 1.42. The number of benzene rings is 2. The van der Waals surface area contributed by atoms with E-state index < -0.39 is 5.91 Å². The molecule has 1 aromatic heterocycles. The number of carbonyl (C=O) groups is 1. The van der Waals surface area contributed by atoms with Gasteiger partial charge in [-0.25, -0.2) is 4.98 Å². The Hall–Kier alpha value is -3.56. The van der Waals surface area contributed by atoms with Crippen LogP contribution in [0, 0.1) is 18.3 Å². The zero-order valence-corrected chi connectivity index (χ0v) is 16.9. The average molecular weight is 408 g/mol. The number of nitrogens with one attached hydrogen (secondary N) is 1. The van der Waals surface area contributed by atoms with Gasteiger partial charge in [0.25, 0.3) is 5.91 Å². The molecule has 0 aliphatic rings. The lowest BCUT2D eigenvalue weighted by Crippen LogP contribution is -2.13. The summed E-state index contributed by atoms with van der Waals surface area (Å²) < 4.78 is 10.4. The number of carbonyl (C=O) groups excluding carboxylic acids is 1. The fourth-order valence-corrected chi connectivity index (χ4v) is 3.05. The van der Waals surface area contributed by atoms with E-state index in [0.29, 0.717) is 22.7 Å². The second-order valence-electron chi connectivity index (χ2n) is 6.21. The number of amides is 1. The maximum Gasteiger partial charge on any atom is 0.266 e. The van der Waals surface area contributed by atoms with Crippen molar-refractivity contribution in [2.45, 2.75) is 6.92 Å². The standard InChI is InChI=1S/C22H18ClN3O3/c1-13-5-4-6-14-9-15(21(23)26-20(13)14)10-16(12-24)22(27)25-17-7-8-18(28-2)19(11-17)29-3/h4-11H,1-3H3,(H,25,27)/b16-10+. The van der Waals surface area contributed by atoms with Crippen LogP contribution in [0.15, 0.2) is 48.0 Å². The van der Waals surface area contributed by atoms with Gasteiger partial charge in [0, 0.05) is 22.7 Å². The number of pyridine rings is 1. The molecule has 3 aromatic rings. The summed E-state index contributed by atoms with van der Waals surface area (Å²) in [5.74, 6) is 0.427. The average Bonchev–Trinajstić information content (AvgIpc) is 2.72. The molecule has 0 aliphatic carbocycles. The monoisotopic (exact) mass is 407 g/mol. The maximum atomic E-state index is 12.6. The predicted octanol–water partition coefficient (Wildman–Crippen LogP) is 4.76. The zero-order valence-electron chi connectivity index (χ0n) is 16.1. The molecule has 1 amide bonds. The highest BCUT2D eigenvalue weighted by Crippen LogP contribution is 2.30. The Morgan fingerprint density at radius 2 is 1.93 bits per heavy atom. The Morgan fingerprint density at radius 1 is 1.17 bits per heavy atom. The number of fused-ring (bicyclic) bond motifs is 1. The largest absolute Gasteiger partial charge is 0.493 e. The third kappa shape index (κ3) is 4.31. The number of nitriles is 1.